The summed E-state index contributed by atoms with van der Waals surface area (Å²) in [6.45, 7) is 9.82. The Morgan fingerprint density at radius 1 is 1.10 bits per heavy atom. The van der Waals surface area contributed by atoms with E-state index in [1.165, 1.54) is 18.9 Å². The number of piperidine rings is 1. The fraction of sp³-hybridized carbons (Fsp3) is 0.500. The molecule has 5 nitrogen and oxygen atoms in total. The molecule has 162 valence electrons. The summed E-state index contributed by atoms with van der Waals surface area (Å²) < 4.78 is 0. The van der Waals surface area contributed by atoms with E-state index < -0.39 is 0 Å². The van der Waals surface area contributed by atoms with Crippen LogP contribution in [0, 0.1) is 11.8 Å². The summed E-state index contributed by atoms with van der Waals surface area (Å²) in [6.07, 6.45) is 1.54. The molecule has 1 aromatic heterocycles. The maximum atomic E-state index is 12.6. The van der Waals surface area contributed by atoms with E-state index in [1.54, 1.807) is 11.3 Å². The van der Waals surface area contributed by atoms with E-state index in [-0.39, 0.29) is 24.3 Å². The lowest BCUT2D eigenvalue weighted by molar-refractivity contribution is -0.122. The van der Waals surface area contributed by atoms with Crippen LogP contribution in [-0.4, -0.2) is 29.8 Å². The zero-order chi connectivity index (χ0) is 21.5. The summed E-state index contributed by atoms with van der Waals surface area (Å²) in [5.74, 6) is 1.26. The lowest BCUT2D eigenvalue weighted by atomic mass is 9.91. The molecule has 0 bridgehead atoms. The fourth-order valence-corrected chi connectivity index (χ4v) is 5.23. The van der Waals surface area contributed by atoms with Gasteiger partial charge in [0.1, 0.15) is 0 Å². The molecule has 3 atom stereocenters. The third kappa shape index (κ3) is 6.67. The van der Waals surface area contributed by atoms with Crippen molar-refractivity contribution in [2.24, 2.45) is 11.8 Å². The Morgan fingerprint density at radius 2 is 1.80 bits per heavy atom. The van der Waals surface area contributed by atoms with Crippen LogP contribution in [0.15, 0.2) is 41.8 Å². The minimum atomic E-state index is -0.283. The van der Waals surface area contributed by atoms with Gasteiger partial charge in [-0.3, -0.25) is 14.5 Å². The van der Waals surface area contributed by atoms with Gasteiger partial charge in [-0.1, -0.05) is 44.2 Å². The highest BCUT2D eigenvalue weighted by Crippen LogP contribution is 2.24. The number of hydrogen-bond donors (Lipinski definition) is 2. The number of nitrogens with zero attached hydrogens (tertiary/aromatic N) is 1. The minimum Gasteiger partial charge on any atom is -0.352 e. The normalized spacial score (nSPS) is 20.5. The molecule has 1 fully saturated rings. The van der Waals surface area contributed by atoms with Crippen molar-refractivity contribution in [2.75, 3.05) is 13.1 Å². The first-order chi connectivity index (χ1) is 14.4. The molecule has 2 amide bonds. The molecule has 0 saturated carbocycles. The van der Waals surface area contributed by atoms with Crippen molar-refractivity contribution in [2.45, 2.75) is 52.7 Å². The molecule has 1 aliphatic heterocycles. The Labute approximate surface area is 183 Å². The number of carbonyl (C=O) groups is 2. The zero-order valence-electron chi connectivity index (χ0n) is 18.2. The van der Waals surface area contributed by atoms with Crippen LogP contribution >= 0.6 is 11.3 Å². The van der Waals surface area contributed by atoms with E-state index in [9.17, 15) is 9.59 Å². The average molecular weight is 428 g/mol. The minimum absolute atomic E-state index is 0.0582. The third-order valence-electron chi connectivity index (χ3n) is 5.59. The number of thiophene rings is 1. The van der Waals surface area contributed by atoms with Crippen molar-refractivity contribution >= 4 is 23.2 Å². The molecule has 1 saturated heterocycles. The Hall–Kier alpha value is -2.18. The highest BCUT2D eigenvalue weighted by Gasteiger charge is 2.22. The predicted octanol–water partition coefficient (Wildman–Crippen LogP) is 4.11. The van der Waals surface area contributed by atoms with Gasteiger partial charge in [0.05, 0.1) is 12.5 Å². The zero-order valence-corrected chi connectivity index (χ0v) is 19.0. The van der Waals surface area contributed by atoms with Crippen LogP contribution < -0.4 is 10.6 Å². The maximum Gasteiger partial charge on any atom is 0.222 e. The summed E-state index contributed by atoms with van der Waals surface area (Å²) in [6, 6.07) is 12.0. The molecular weight excluding hydrogens is 394 g/mol. The number of benzene rings is 1. The molecule has 2 heterocycles. The first-order valence-electron chi connectivity index (χ1n) is 10.8. The molecule has 0 unspecified atom stereocenters. The lowest BCUT2D eigenvalue weighted by Crippen LogP contribution is -2.38. The van der Waals surface area contributed by atoms with Crippen LogP contribution in [-0.2, 0) is 22.7 Å². The lowest BCUT2D eigenvalue weighted by Gasteiger charge is -2.35. The van der Waals surface area contributed by atoms with Gasteiger partial charge in [0.2, 0.25) is 11.8 Å². The molecule has 1 aromatic carbocycles. The second-order valence-electron chi connectivity index (χ2n) is 8.66. The first-order valence-corrected chi connectivity index (χ1v) is 11.6. The van der Waals surface area contributed by atoms with Crippen LogP contribution in [0.1, 0.15) is 55.7 Å². The van der Waals surface area contributed by atoms with Crippen LogP contribution in [0.5, 0.6) is 0 Å². The highest BCUT2D eigenvalue weighted by molar-refractivity contribution is 7.10. The van der Waals surface area contributed by atoms with Gasteiger partial charge in [0.25, 0.3) is 0 Å². The molecule has 0 spiro atoms. The summed E-state index contributed by atoms with van der Waals surface area (Å²) in [5, 5.41) is 7.90. The third-order valence-corrected chi connectivity index (χ3v) is 6.57. The largest absolute Gasteiger partial charge is 0.352 e. The quantitative estimate of drug-likeness (QED) is 0.666. The smallest absolute Gasteiger partial charge is 0.222 e. The van der Waals surface area contributed by atoms with Gasteiger partial charge >= 0.3 is 0 Å². The van der Waals surface area contributed by atoms with E-state index in [1.807, 2.05) is 23.6 Å². The Kier molecular flexibility index (Phi) is 8.05. The van der Waals surface area contributed by atoms with Crippen molar-refractivity contribution in [1.82, 2.24) is 15.5 Å². The molecule has 0 radical (unpaired) electrons. The second-order valence-corrected chi connectivity index (χ2v) is 9.64. The van der Waals surface area contributed by atoms with E-state index in [0.29, 0.717) is 6.54 Å². The van der Waals surface area contributed by atoms with Crippen LogP contribution in [0.4, 0.5) is 0 Å². The number of carbonyl (C=O) groups excluding carboxylic acids is 2. The highest BCUT2D eigenvalue weighted by atomic mass is 32.1. The van der Waals surface area contributed by atoms with Crippen LogP contribution in [0.3, 0.4) is 0 Å². The summed E-state index contributed by atoms with van der Waals surface area (Å²) in [7, 11) is 0. The van der Waals surface area contributed by atoms with Crippen LogP contribution in [0.25, 0.3) is 0 Å². The van der Waals surface area contributed by atoms with Gasteiger partial charge in [0.15, 0.2) is 0 Å². The van der Waals surface area contributed by atoms with Crippen molar-refractivity contribution < 1.29 is 9.59 Å². The van der Waals surface area contributed by atoms with Gasteiger partial charge in [-0.2, -0.15) is 0 Å². The van der Waals surface area contributed by atoms with Gasteiger partial charge in [0, 0.05) is 38.0 Å². The molecule has 1 aliphatic rings. The number of likely N-dealkylation sites (tertiary alicyclic amines) is 1. The van der Waals surface area contributed by atoms with Crippen molar-refractivity contribution in [3.63, 3.8) is 0 Å². The topological polar surface area (TPSA) is 61.4 Å². The number of hydrogen-bond acceptors (Lipinski definition) is 4. The first kappa shape index (κ1) is 22.5. The van der Waals surface area contributed by atoms with Crippen molar-refractivity contribution in [3.8, 4) is 0 Å². The van der Waals surface area contributed by atoms with Gasteiger partial charge < -0.3 is 10.6 Å². The SMILES string of the molecule is CC(=O)N[C@H](CC(=O)NCc1ccccc1CN1C[C@@H](C)C[C@H](C)C1)c1cccs1. The molecule has 3 rings (SSSR count). The maximum absolute atomic E-state index is 12.6. The van der Waals surface area contributed by atoms with Gasteiger partial charge in [-0.05, 0) is 40.8 Å². The predicted molar refractivity (Wildman–Crippen MR) is 122 cm³/mol. The Balaban J connectivity index is 1.58. The summed E-state index contributed by atoms with van der Waals surface area (Å²) >= 11 is 1.55. The van der Waals surface area contributed by atoms with E-state index >= 15 is 0 Å². The Morgan fingerprint density at radius 3 is 2.43 bits per heavy atom. The standard InChI is InChI=1S/C24H33N3O2S/c1-17-11-18(2)15-27(14-17)16-21-8-5-4-7-20(21)13-25-24(29)12-22(26-19(3)28)23-9-6-10-30-23/h4-10,17-18,22H,11-16H2,1-3H3,(H,25,29)(H,26,28)/t17-,18-,22+/m0/s1. The fourth-order valence-electron chi connectivity index (χ4n) is 4.46. The molecular formula is C24H33N3O2S. The summed E-state index contributed by atoms with van der Waals surface area (Å²) in [4.78, 5) is 27.7. The van der Waals surface area contributed by atoms with E-state index in [4.69, 9.17) is 0 Å². The van der Waals surface area contributed by atoms with Crippen LogP contribution in [0.2, 0.25) is 0 Å². The number of nitrogens with one attached hydrogen (secondary N) is 2. The van der Waals surface area contributed by atoms with E-state index in [0.717, 1.165) is 41.9 Å². The van der Waals surface area contributed by atoms with Crippen molar-refractivity contribution in [3.05, 3.63) is 57.8 Å². The number of rotatable bonds is 8. The number of amides is 2. The second kappa shape index (κ2) is 10.7. The van der Waals surface area contributed by atoms with Crippen molar-refractivity contribution in [1.29, 1.82) is 0 Å². The summed E-state index contributed by atoms with van der Waals surface area (Å²) in [5.41, 5.74) is 2.43. The molecule has 2 aromatic rings. The van der Waals surface area contributed by atoms with Gasteiger partial charge in [-0.25, -0.2) is 0 Å². The average Bonchev–Trinajstić information content (AvgIpc) is 3.20. The molecule has 2 N–H and O–H groups in total. The Bertz CT molecular complexity index is 827. The molecule has 0 aliphatic carbocycles. The molecule has 6 heteroatoms. The monoisotopic (exact) mass is 427 g/mol. The van der Waals surface area contributed by atoms with E-state index in [2.05, 4.69) is 47.6 Å². The molecule has 30 heavy (non-hydrogen) atoms. The van der Waals surface area contributed by atoms with Gasteiger partial charge in [-0.15, -0.1) is 11.3 Å².